The topological polar surface area (TPSA) is 52.0 Å². The molecule has 1 fully saturated rings. The lowest BCUT2D eigenvalue weighted by Crippen LogP contribution is -1.99. The second-order valence-electron chi connectivity index (χ2n) is 3.40. The van der Waals surface area contributed by atoms with Gasteiger partial charge in [0.25, 0.3) is 0 Å². The van der Waals surface area contributed by atoms with Crippen LogP contribution >= 0.6 is 0 Å². The lowest BCUT2D eigenvalue weighted by Gasteiger charge is -1.99. The highest BCUT2D eigenvalue weighted by Gasteiger charge is 2.43. The van der Waals surface area contributed by atoms with Crippen LogP contribution in [0.3, 0.4) is 0 Å². The maximum Gasteiger partial charge on any atom is 0.200 e. The summed E-state index contributed by atoms with van der Waals surface area (Å²) >= 11 is 0. The molecule has 1 aliphatic carbocycles. The highest BCUT2D eigenvalue weighted by molar-refractivity contribution is 5.14. The van der Waals surface area contributed by atoms with Crippen molar-refractivity contribution in [3.8, 4) is 0 Å². The highest BCUT2D eigenvalue weighted by atomic mass is 16.4. The van der Waals surface area contributed by atoms with Crippen molar-refractivity contribution in [2.75, 3.05) is 0 Å². The van der Waals surface area contributed by atoms with E-state index in [9.17, 15) is 0 Å². The van der Waals surface area contributed by atoms with Gasteiger partial charge in [0, 0.05) is 5.41 Å². The van der Waals surface area contributed by atoms with Gasteiger partial charge in [-0.1, -0.05) is 6.92 Å². The number of nitrogens with two attached hydrogens (primary N) is 1. The van der Waals surface area contributed by atoms with Crippen LogP contribution in [0.25, 0.3) is 0 Å². The molecule has 1 heterocycles. The Morgan fingerprint density at radius 2 is 2.45 bits per heavy atom. The predicted octanol–water partition coefficient (Wildman–Crippen LogP) is 1.18. The minimum atomic E-state index is 0.230. The Labute approximate surface area is 65.6 Å². The summed E-state index contributed by atoms with van der Waals surface area (Å²) in [4.78, 5) is 4.17. The normalized spacial score (nSPS) is 20.2. The Morgan fingerprint density at radius 1 is 1.73 bits per heavy atom. The van der Waals surface area contributed by atoms with Crippen LogP contribution < -0.4 is 5.73 Å². The first-order valence-corrected chi connectivity index (χ1v) is 3.90. The lowest BCUT2D eigenvalue weighted by atomic mass is 10.1. The number of hydrogen-bond acceptors (Lipinski definition) is 3. The zero-order chi connectivity index (χ0) is 7.90. The van der Waals surface area contributed by atoms with E-state index >= 15 is 0 Å². The van der Waals surface area contributed by atoms with Crippen molar-refractivity contribution in [1.29, 1.82) is 0 Å². The molecule has 0 spiro atoms. The van der Waals surface area contributed by atoms with Crippen LogP contribution in [0.2, 0.25) is 0 Å². The molecule has 1 saturated carbocycles. The molecular formula is C8H12N2O. The van der Waals surface area contributed by atoms with Crippen LogP contribution in [0, 0.1) is 0 Å². The molecular weight excluding hydrogens is 140 g/mol. The fourth-order valence-corrected chi connectivity index (χ4v) is 1.08. The van der Waals surface area contributed by atoms with Crippen LogP contribution in [0.5, 0.6) is 0 Å². The fraction of sp³-hybridized carbons (Fsp3) is 0.625. The van der Waals surface area contributed by atoms with Crippen molar-refractivity contribution < 1.29 is 4.42 Å². The molecule has 1 aromatic heterocycles. The van der Waals surface area contributed by atoms with E-state index in [1.807, 2.05) is 0 Å². The average molecular weight is 152 g/mol. The summed E-state index contributed by atoms with van der Waals surface area (Å²) in [6, 6.07) is 0. The van der Waals surface area contributed by atoms with E-state index in [1.54, 1.807) is 6.20 Å². The van der Waals surface area contributed by atoms with Gasteiger partial charge in [0.15, 0.2) is 5.89 Å². The Hall–Kier alpha value is -0.830. The summed E-state index contributed by atoms with van der Waals surface area (Å²) in [7, 11) is 0. The Morgan fingerprint density at radius 3 is 2.91 bits per heavy atom. The number of hydrogen-bond donors (Lipinski definition) is 1. The first kappa shape index (κ1) is 6.85. The molecule has 0 amide bonds. The van der Waals surface area contributed by atoms with Gasteiger partial charge in [0.1, 0.15) is 5.76 Å². The second-order valence-corrected chi connectivity index (χ2v) is 3.40. The molecule has 1 aliphatic rings. The van der Waals surface area contributed by atoms with Gasteiger partial charge in [0.2, 0.25) is 0 Å². The Bertz CT molecular complexity index is 263. The van der Waals surface area contributed by atoms with Gasteiger partial charge in [-0.15, -0.1) is 0 Å². The number of oxazole rings is 1. The number of rotatable bonds is 2. The standard InChI is InChI=1S/C8H12N2O/c1-8(2-3-8)7-10-5-6(4-9)11-7/h5H,2-4,9H2,1H3. The van der Waals surface area contributed by atoms with Crippen LogP contribution in [-0.2, 0) is 12.0 Å². The molecule has 0 saturated heterocycles. The van der Waals surface area contributed by atoms with Crippen molar-refractivity contribution in [2.24, 2.45) is 5.73 Å². The van der Waals surface area contributed by atoms with Gasteiger partial charge in [-0.2, -0.15) is 0 Å². The van der Waals surface area contributed by atoms with Crippen molar-refractivity contribution in [2.45, 2.75) is 31.7 Å². The zero-order valence-electron chi connectivity index (χ0n) is 6.63. The molecule has 2 N–H and O–H groups in total. The molecule has 0 bridgehead atoms. The molecule has 0 atom stereocenters. The van der Waals surface area contributed by atoms with E-state index < -0.39 is 0 Å². The molecule has 2 rings (SSSR count). The van der Waals surface area contributed by atoms with Gasteiger partial charge < -0.3 is 10.2 Å². The maximum absolute atomic E-state index is 5.42. The van der Waals surface area contributed by atoms with Crippen molar-refractivity contribution >= 4 is 0 Å². The minimum absolute atomic E-state index is 0.230. The zero-order valence-corrected chi connectivity index (χ0v) is 6.63. The smallest absolute Gasteiger partial charge is 0.200 e. The summed E-state index contributed by atoms with van der Waals surface area (Å²) in [5, 5.41) is 0. The molecule has 0 aliphatic heterocycles. The van der Waals surface area contributed by atoms with Crippen molar-refractivity contribution in [3.63, 3.8) is 0 Å². The van der Waals surface area contributed by atoms with Gasteiger partial charge in [0.05, 0.1) is 12.7 Å². The second kappa shape index (κ2) is 2.08. The molecule has 3 heteroatoms. The third-order valence-electron chi connectivity index (χ3n) is 2.27. The first-order valence-electron chi connectivity index (χ1n) is 3.90. The Balaban J connectivity index is 2.25. The van der Waals surface area contributed by atoms with Crippen LogP contribution in [0.4, 0.5) is 0 Å². The van der Waals surface area contributed by atoms with Crippen LogP contribution in [0.1, 0.15) is 31.4 Å². The van der Waals surface area contributed by atoms with E-state index in [1.165, 1.54) is 12.8 Å². The van der Waals surface area contributed by atoms with E-state index in [0.29, 0.717) is 6.54 Å². The predicted molar refractivity (Wildman–Crippen MR) is 41.0 cm³/mol. The lowest BCUT2D eigenvalue weighted by molar-refractivity contribution is 0.420. The molecule has 60 valence electrons. The van der Waals surface area contributed by atoms with E-state index in [0.717, 1.165) is 11.7 Å². The molecule has 0 aromatic carbocycles. The van der Waals surface area contributed by atoms with Gasteiger partial charge in [-0.3, -0.25) is 0 Å². The molecule has 0 unspecified atom stereocenters. The molecule has 0 radical (unpaired) electrons. The average Bonchev–Trinajstić information content (AvgIpc) is 2.61. The quantitative estimate of drug-likeness (QED) is 0.692. The summed E-state index contributed by atoms with van der Waals surface area (Å²) in [5.41, 5.74) is 5.62. The highest BCUT2D eigenvalue weighted by Crippen LogP contribution is 2.46. The van der Waals surface area contributed by atoms with Crippen LogP contribution in [-0.4, -0.2) is 4.98 Å². The van der Waals surface area contributed by atoms with Crippen LogP contribution in [0.15, 0.2) is 10.6 Å². The number of aromatic nitrogens is 1. The van der Waals surface area contributed by atoms with E-state index in [2.05, 4.69) is 11.9 Å². The maximum atomic E-state index is 5.42. The SMILES string of the molecule is CC1(c2ncc(CN)o2)CC1. The van der Waals surface area contributed by atoms with Gasteiger partial charge in [-0.25, -0.2) is 4.98 Å². The van der Waals surface area contributed by atoms with Gasteiger partial charge in [-0.05, 0) is 12.8 Å². The fourth-order valence-electron chi connectivity index (χ4n) is 1.08. The molecule has 11 heavy (non-hydrogen) atoms. The molecule has 3 nitrogen and oxygen atoms in total. The Kier molecular flexibility index (Phi) is 1.29. The third-order valence-corrected chi connectivity index (χ3v) is 2.27. The summed E-state index contributed by atoms with van der Waals surface area (Å²) in [6.45, 7) is 2.61. The summed E-state index contributed by atoms with van der Waals surface area (Å²) < 4.78 is 5.42. The summed E-state index contributed by atoms with van der Waals surface area (Å²) in [5.74, 6) is 1.64. The van der Waals surface area contributed by atoms with E-state index in [4.69, 9.17) is 10.2 Å². The van der Waals surface area contributed by atoms with E-state index in [-0.39, 0.29) is 5.41 Å². The largest absolute Gasteiger partial charge is 0.444 e. The van der Waals surface area contributed by atoms with Crippen molar-refractivity contribution in [1.82, 2.24) is 4.98 Å². The van der Waals surface area contributed by atoms with Crippen molar-refractivity contribution in [3.05, 3.63) is 17.8 Å². The third kappa shape index (κ3) is 1.05. The number of nitrogens with zero attached hydrogens (tertiary/aromatic N) is 1. The monoisotopic (exact) mass is 152 g/mol. The molecule has 1 aromatic rings. The van der Waals surface area contributed by atoms with Gasteiger partial charge >= 0.3 is 0 Å². The first-order chi connectivity index (χ1) is 5.24. The minimum Gasteiger partial charge on any atom is -0.444 e. The summed E-state index contributed by atoms with van der Waals surface area (Å²) in [6.07, 6.45) is 4.11.